The Hall–Kier alpha value is -0.610. The smallest absolute Gasteiger partial charge is 0.236 e. The van der Waals surface area contributed by atoms with Crippen LogP contribution in [0.2, 0.25) is 0 Å². The summed E-state index contributed by atoms with van der Waals surface area (Å²) in [7, 11) is 0. The van der Waals surface area contributed by atoms with Crippen molar-refractivity contribution in [3.63, 3.8) is 0 Å². The van der Waals surface area contributed by atoms with Crippen molar-refractivity contribution in [2.45, 2.75) is 25.3 Å². The molecule has 2 aliphatic rings. The number of carbonyl (C=O) groups excluding carboxylic acids is 1. The van der Waals surface area contributed by atoms with Crippen molar-refractivity contribution >= 4 is 5.91 Å². The van der Waals surface area contributed by atoms with Crippen molar-refractivity contribution in [3.05, 3.63) is 0 Å². The number of carbonyl (C=O) groups is 1. The maximum Gasteiger partial charge on any atom is 0.236 e. The summed E-state index contributed by atoms with van der Waals surface area (Å²) in [6, 6.07) is 0.397. The lowest BCUT2D eigenvalue weighted by Crippen LogP contribution is -2.45. The van der Waals surface area contributed by atoms with Gasteiger partial charge in [0, 0.05) is 18.5 Å². The fourth-order valence-corrected chi connectivity index (χ4v) is 2.61. The molecule has 1 amide bonds. The van der Waals surface area contributed by atoms with E-state index in [0.29, 0.717) is 18.6 Å². The Labute approximate surface area is 84.4 Å². The molecule has 0 bridgehead atoms. The first-order valence-corrected chi connectivity index (χ1v) is 5.40. The van der Waals surface area contributed by atoms with Gasteiger partial charge in [-0.3, -0.25) is 4.79 Å². The highest BCUT2D eigenvalue weighted by atomic mass is 16.5. The molecule has 2 fully saturated rings. The van der Waals surface area contributed by atoms with E-state index in [2.05, 4.69) is 0 Å². The van der Waals surface area contributed by atoms with E-state index in [1.807, 2.05) is 4.90 Å². The largest absolute Gasteiger partial charge is 0.379 e. The zero-order valence-corrected chi connectivity index (χ0v) is 8.45. The molecule has 80 valence electrons. The fourth-order valence-electron chi connectivity index (χ4n) is 2.61. The topological polar surface area (TPSA) is 55.6 Å². The van der Waals surface area contributed by atoms with Crippen molar-refractivity contribution in [2.75, 3.05) is 26.3 Å². The average molecular weight is 198 g/mol. The first-order valence-electron chi connectivity index (χ1n) is 5.40. The minimum absolute atomic E-state index is 0.0763. The number of nitrogens with two attached hydrogens (primary N) is 1. The fraction of sp³-hybridized carbons (Fsp3) is 0.900. The quantitative estimate of drug-likeness (QED) is 0.644. The molecule has 2 rings (SSSR count). The van der Waals surface area contributed by atoms with E-state index in [4.69, 9.17) is 10.5 Å². The monoisotopic (exact) mass is 198 g/mol. The lowest BCUT2D eigenvalue weighted by atomic mass is 10.0. The predicted molar refractivity (Wildman–Crippen MR) is 52.7 cm³/mol. The van der Waals surface area contributed by atoms with Gasteiger partial charge in [0.15, 0.2) is 0 Å². The maximum atomic E-state index is 11.6. The first kappa shape index (κ1) is 9.93. The van der Waals surface area contributed by atoms with E-state index in [9.17, 15) is 4.79 Å². The average Bonchev–Trinajstić information content (AvgIpc) is 2.57. The third-order valence-corrected chi connectivity index (χ3v) is 3.32. The first-order chi connectivity index (χ1) is 6.83. The molecule has 2 N–H and O–H groups in total. The third-order valence-electron chi connectivity index (χ3n) is 3.32. The molecule has 0 aromatic rings. The van der Waals surface area contributed by atoms with E-state index in [1.54, 1.807) is 0 Å². The predicted octanol–water partition coefficient (Wildman–Crippen LogP) is -0.0274. The maximum absolute atomic E-state index is 11.6. The van der Waals surface area contributed by atoms with Gasteiger partial charge in [-0.15, -0.1) is 0 Å². The van der Waals surface area contributed by atoms with Gasteiger partial charge in [0.1, 0.15) is 0 Å². The van der Waals surface area contributed by atoms with Gasteiger partial charge < -0.3 is 15.4 Å². The summed E-state index contributed by atoms with van der Waals surface area (Å²) >= 11 is 0. The zero-order chi connectivity index (χ0) is 9.97. The zero-order valence-electron chi connectivity index (χ0n) is 8.45. The summed E-state index contributed by atoms with van der Waals surface area (Å²) in [4.78, 5) is 13.5. The van der Waals surface area contributed by atoms with Gasteiger partial charge in [-0.05, 0) is 12.8 Å². The van der Waals surface area contributed by atoms with Crippen molar-refractivity contribution in [3.8, 4) is 0 Å². The summed E-state index contributed by atoms with van der Waals surface area (Å²) in [6.45, 7) is 2.33. The Bertz CT molecular complexity index is 220. The van der Waals surface area contributed by atoms with Crippen LogP contribution in [0.3, 0.4) is 0 Å². The van der Waals surface area contributed by atoms with Gasteiger partial charge >= 0.3 is 0 Å². The molecular weight excluding hydrogens is 180 g/mol. The Morgan fingerprint density at radius 1 is 1.50 bits per heavy atom. The Morgan fingerprint density at radius 3 is 3.14 bits per heavy atom. The van der Waals surface area contributed by atoms with Crippen molar-refractivity contribution < 1.29 is 9.53 Å². The van der Waals surface area contributed by atoms with Crippen LogP contribution >= 0.6 is 0 Å². The summed E-state index contributed by atoms with van der Waals surface area (Å²) in [6.07, 6.45) is 3.53. The van der Waals surface area contributed by atoms with Crippen molar-refractivity contribution in [1.82, 2.24) is 4.90 Å². The third kappa shape index (κ3) is 1.77. The Balaban J connectivity index is 2.08. The van der Waals surface area contributed by atoms with E-state index in [-0.39, 0.29) is 12.5 Å². The van der Waals surface area contributed by atoms with Gasteiger partial charge in [0.25, 0.3) is 0 Å². The van der Waals surface area contributed by atoms with Crippen LogP contribution in [0.1, 0.15) is 19.3 Å². The number of hydrogen-bond acceptors (Lipinski definition) is 3. The molecule has 1 heterocycles. The SMILES string of the molecule is NCC(=O)N1CCOCC2CCCC21. The molecule has 4 heteroatoms. The van der Waals surface area contributed by atoms with E-state index in [0.717, 1.165) is 19.6 Å². The van der Waals surface area contributed by atoms with Crippen LogP contribution in [-0.4, -0.2) is 43.2 Å². The molecule has 0 aromatic carbocycles. The van der Waals surface area contributed by atoms with Crippen LogP contribution in [0.4, 0.5) is 0 Å². The standard InChI is InChI=1S/C10H18N2O2/c11-6-10(13)12-4-5-14-7-8-2-1-3-9(8)12/h8-9H,1-7,11H2. The van der Waals surface area contributed by atoms with E-state index in [1.165, 1.54) is 12.8 Å². The van der Waals surface area contributed by atoms with E-state index < -0.39 is 0 Å². The van der Waals surface area contributed by atoms with Gasteiger partial charge in [-0.2, -0.15) is 0 Å². The molecular formula is C10H18N2O2. The van der Waals surface area contributed by atoms with Crippen LogP contribution in [0.5, 0.6) is 0 Å². The number of nitrogens with zero attached hydrogens (tertiary/aromatic N) is 1. The number of ether oxygens (including phenoxy) is 1. The van der Waals surface area contributed by atoms with Crippen molar-refractivity contribution in [2.24, 2.45) is 11.7 Å². The minimum Gasteiger partial charge on any atom is -0.379 e. The number of amides is 1. The van der Waals surface area contributed by atoms with Gasteiger partial charge in [0.2, 0.25) is 5.91 Å². The lowest BCUT2D eigenvalue weighted by molar-refractivity contribution is -0.132. The van der Waals surface area contributed by atoms with Gasteiger partial charge in [-0.25, -0.2) is 0 Å². The molecule has 4 nitrogen and oxygen atoms in total. The van der Waals surface area contributed by atoms with Crippen LogP contribution in [0.25, 0.3) is 0 Å². The molecule has 1 saturated carbocycles. The second-order valence-electron chi connectivity index (χ2n) is 4.12. The number of rotatable bonds is 1. The van der Waals surface area contributed by atoms with Crippen LogP contribution in [0.15, 0.2) is 0 Å². The van der Waals surface area contributed by atoms with Crippen LogP contribution in [0, 0.1) is 5.92 Å². The Morgan fingerprint density at radius 2 is 2.36 bits per heavy atom. The second kappa shape index (κ2) is 4.28. The highest BCUT2D eigenvalue weighted by Crippen LogP contribution is 2.31. The molecule has 2 unspecified atom stereocenters. The molecule has 1 aliphatic heterocycles. The lowest BCUT2D eigenvalue weighted by Gasteiger charge is -2.29. The van der Waals surface area contributed by atoms with Crippen LogP contribution in [-0.2, 0) is 9.53 Å². The summed E-state index contributed by atoms with van der Waals surface area (Å²) in [5.74, 6) is 0.625. The molecule has 0 spiro atoms. The minimum atomic E-state index is 0.0763. The number of fused-ring (bicyclic) bond motifs is 1. The molecule has 1 saturated heterocycles. The molecule has 14 heavy (non-hydrogen) atoms. The summed E-state index contributed by atoms with van der Waals surface area (Å²) in [5, 5.41) is 0. The highest BCUT2D eigenvalue weighted by molar-refractivity contribution is 5.78. The van der Waals surface area contributed by atoms with Crippen LogP contribution < -0.4 is 5.73 Å². The normalized spacial score (nSPS) is 32.5. The molecule has 0 radical (unpaired) electrons. The summed E-state index contributed by atoms with van der Waals surface area (Å²) in [5.41, 5.74) is 5.40. The Kier molecular flexibility index (Phi) is 3.03. The van der Waals surface area contributed by atoms with Gasteiger partial charge in [-0.1, -0.05) is 6.42 Å². The van der Waals surface area contributed by atoms with E-state index >= 15 is 0 Å². The summed E-state index contributed by atoms with van der Waals surface area (Å²) < 4.78 is 5.50. The second-order valence-corrected chi connectivity index (χ2v) is 4.12. The van der Waals surface area contributed by atoms with Gasteiger partial charge in [0.05, 0.1) is 19.8 Å². The molecule has 2 atom stereocenters. The van der Waals surface area contributed by atoms with Crippen molar-refractivity contribution in [1.29, 1.82) is 0 Å². The molecule has 0 aromatic heterocycles. The molecule has 1 aliphatic carbocycles. The highest BCUT2D eigenvalue weighted by Gasteiger charge is 2.35. The number of hydrogen-bond donors (Lipinski definition) is 1.